The number of ether oxygens (including phenoxy) is 1. The molecule has 0 unspecified atom stereocenters. The normalized spacial score (nSPS) is 20.7. The Labute approximate surface area is 424 Å². The minimum Gasteiger partial charge on any atom is -0.439 e. The number of nitrogens with two attached hydrogens (primary N) is 1. The molecule has 4 aromatic heterocycles. The molecule has 386 valence electrons. The number of benzene rings is 1. The molecule has 4 saturated heterocycles. The molecule has 0 bridgehead atoms. The van der Waals surface area contributed by atoms with E-state index in [-0.39, 0.29) is 41.8 Å². The van der Waals surface area contributed by atoms with Crippen LogP contribution in [0.15, 0.2) is 41.4 Å². The molecule has 5 aromatic rings. The summed E-state index contributed by atoms with van der Waals surface area (Å²) in [6, 6.07) is 6.14. The largest absolute Gasteiger partial charge is 0.439 e. The Bertz CT molecular complexity index is 2900. The highest BCUT2D eigenvalue weighted by Gasteiger charge is 2.41. The highest BCUT2D eigenvalue weighted by molar-refractivity contribution is 6.02. The van der Waals surface area contributed by atoms with Crippen LogP contribution in [0.5, 0.6) is 0 Å². The maximum Gasteiger partial charge on any atom is 0.410 e. The fraction of sp³-hybridized carbons (Fsp3) is 0.577. The number of rotatable bonds is 10. The number of nitrogens with zero attached hydrogens (tertiary/aromatic N) is 13. The number of piperidine rings is 2. The summed E-state index contributed by atoms with van der Waals surface area (Å²) in [6.45, 7) is 18.2. The van der Waals surface area contributed by atoms with Crippen LogP contribution in [0.25, 0.3) is 33.8 Å². The van der Waals surface area contributed by atoms with E-state index >= 15 is 0 Å². The summed E-state index contributed by atoms with van der Waals surface area (Å²) in [5.41, 5.74) is 12.8. The number of likely N-dealkylation sites (tertiary alicyclic amines) is 1. The average Bonchev–Trinajstić information content (AvgIpc) is 4.02. The van der Waals surface area contributed by atoms with Crippen LogP contribution in [-0.4, -0.2) is 164 Å². The van der Waals surface area contributed by atoms with Crippen molar-refractivity contribution in [3.63, 3.8) is 0 Å². The number of nitrogen functional groups attached to an aromatic ring is 1. The van der Waals surface area contributed by atoms with E-state index in [4.69, 9.17) is 30.1 Å². The first-order chi connectivity index (χ1) is 35.1. The molecule has 1 aromatic carbocycles. The smallest absolute Gasteiger partial charge is 0.410 e. The van der Waals surface area contributed by atoms with Gasteiger partial charge in [0.25, 0.3) is 5.91 Å². The molecule has 6 aliphatic rings. The maximum absolute atomic E-state index is 13.4. The predicted molar refractivity (Wildman–Crippen MR) is 274 cm³/mol. The van der Waals surface area contributed by atoms with Crippen LogP contribution in [0, 0.1) is 5.92 Å². The molecule has 1 atom stereocenters. The number of carbonyl (C=O) groups excluding carboxylic acids is 4. The van der Waals surface area contributed by atoms with Gasteiger partial charge < -0.3 is 39.5 Å². The maximum atomic E-state index is 13.4. The van der Waals surface area contributed by atoms with Crippen molar-refractivity contribution in [2.24, 2.45) is 5.92 Å². The number of imide groups is 1. The van der Waals surface area contributed by atoms with Crippen LogP contribution in [0.2, 0.25) is 0 Å². The summed E-state index contributed by atoms with van der Waals surface area (Å²) in [6.07, 6.45) is 11.1. The number of amides is 4. The SMILES string of the molecule is CC(C)(C1CCN(C(=O)COC(=O)N2CCN(c3cnc(-c4c(-c5nn(C(C)(C)C)c6ncnc(N)c56)noc4C4CC4)nc3)CC2)CC1)N1CCN(c2cccc3c2CCCN3[C@@H]2CCC(=O)NC2=O)CC1. The number of carbonyl (C=O) groups is 4. The average molecular weight is 998 g/mol. The summed E-state index contributed by atoms with van der Waals surface area (Å²) in [5.74, 6) is 1.59. The molecule has 21 nitrogen and oxygen atoms in total. The zero-order valence-electron chi connectivity index (χ0n) is 42.7. The lowest BCUT2D eigenvalue weighted by Crippen LogP contribution is -2.59. The predicted octanol–water partition coefficient (Wildman–Crippen LogP) is 4.81. The van der Waals surface area contributed by atoms with E-state index in [9.17, 15) is 19.2 Å². The van der Waals surface area contributed by atoms with Crippen molar-refractivity contribution in [2.75, 3.05) is 99.0 Å². The standard InChI is InChI=1S/C52H67N15O6/c1-51(2,3)67-48-42(46(53)56-31-57-48)43(59-67)44-41(45(73-60-44)32-11-12-32)47-54-28-34(29-55-47)61-20-22-64(23-21-61)50(71)72-30-40(69)63-18-15-33(16-19-63)52(4,5)65-26-24-62(25-27-65)36-9-6-10-37-35(36)8-7-17-66(37)38-13-14-39(68)58-49(38)70/h6,9-10,28-29,31-33,38H,7-8,11-27,30H2,1-5H3,(H2,53,56,57)(H,58,68,70)/t38-/m1/s1. The van der Waals surface area contributed by atoms with Gasteiger partial charge in [-0.15, -0.1) is 0 Å². The van der Waals surface area contributed by atoms with Crippen LogP contribution < -0.4 is 25.8 Å². The zero-order valence-corrected chi connectivity index (χ0v) is 42.7. The molecule has 1 saturated carbocycles. The number of hydrogen-bond acceptors (Lipinski definition) is 17. The van der Waals surface area contributed by atoms with E-state index in [1.165, 1.54) is 17.6 Å². The molecule has 5 aliphatic heterocycles. The van der Waals surface area contributed by atoms with Gasteiger partial charge in [-0.1, -0.05) is 11.2 Å². The number of nitrogens with one attached hydrogen (secondary N) is 1. The van der Waals surface area contributed by atoms with Gasteiger partial charge in [0.1, 0.15) is 29.6 Å². The van der Waals surface area contributed by atoms with Gasteiger partial charge in [-0.25, -0.2) is 29.4 Å². The van der Waals surface area contributed by atoms with Gasteiger partial charge in [-0.3, -0.25) is 24.6 Å². The van der Waals surface area contributed by atoms with Crippen LogP contribution in [0.3, 0.4) is 0 Å². The Morgan fingerprint density at radius 1 is 0.795 bits per heavy atom. The summed E-state index contributed by atoms with van der Waals surface area (Å²) >= 11 is 0. The molecule has 4 amide bonds. The second-order valence-electron chi connectivity index (χ2n) is 22.0. The molecule has 9 heterocycles. The quantitative estimate of drug-likeness (QED) is 0.179. The van der Waals surface area contributed by atoms with Gasteiger partial charge in [0.05, 0.1) is 34.6 Å². The molecule has 1 aliphatic carbocycles. The number of anilines is 4. The number of hydrogen-bond donors (Lipinski definition) is 2. The van der Waals surface area contributed by atoms with Gasteiger partial charge in [-0.05, 0) is 103 Å². The second kappa shape index (κ2) is 19.2. The van der Waals surface area contributed by atoms with Crippen molar-refractivity contribution in [2.45, 2.75) is 109 Å². The van der Waals surface area contributed by atoms with E-state index in [1.807, 2.05) is 30.4 Å². The highest BCUT2D eigenvalue weighted by atomic mass is 16.6. The van der Waals surface area contributed by atoms with Crippen molar-refractivity contribution in [3.8, 4) is 22.8 Å². The van der Waals surface area contributed by atoms with Crippen molar-refractivity contribution in [3.05, 3.63) is 48.2 Å². The van der Waals surface area contributed by atoms with Crippen LogP contribution >= 0.6 is 0 Å². The van der Waals surface area contributed by atoms with Gasteiger partial charge in [0.15, 0.2) is 23.8 Å². The lowest BCUT2D eigenvalue weighted by molar-refractivity contribution is -0.137. The van der Waals surface area contributed by atoms with Crippen molar-refractivity contribution in [1.82, 2.24) is 54.9 Å². The van der Waals surface area contributed by atoms with Crippen LogP contribution in [0.4, 0.5) is 27.7 Å². The third-order valence-electron chi connectivity index (χ3n) is 16.2. The summed E-state index contributed by atoms with van der Waals surface area (Å²) in [7, 11) is 0. The minimum atomic E-state index is -0.488. The molecule has 11 rings (SSSR count). The lowest BCUT2D eigenvalue weighted by atomic mass is 9.78. The second-order valence-corrected chi connectivity index (χ2v) is 22.0. The summed E-state index contributed by atoms with van der Waals surface area (Å²) < 4.78 is 13.4. The Balaban J connectivity index is 0.647. The van der Waals surface area contributed by atoms with Crippen molar-refractivity contribution in [1.29, 1.82) is 0 Å². The third-order valence-corrected chi connectivity index (χ3v) is 16.2. The fourth-order valence-corrected chi connectivity index (χ4v) is 11.8. The number of aromatic nitrogens is 7. The highest BCUT2D eigenvalue weighted by Crippen LogP contribution is 2.48. The minimum absolute atomic E-state index is 0.0535. The van der Waals surface area contributed by atoms with E-state index in [2.05, 4.69) is 72.1 Å². The summed E-state index contributed by atoms with van der Waals surface area (Å²) in [4.78, 5) is 82.8. The van der Waals surface area contributed by atoms with Gasteiger partial charge in [0, 0.05) is 101 Å². The molecule has 5 fully saturated rings. The molecular formula is C52H67N15O6. The van der Waals surface area contributed by atoms with Crippen molar-refractivity contribution < 1.29 is 28.4 Å². The topological polar surface area (TPSA) is 230 Å². The molecular weight excluding hydrogens is 931 g/mol. The number of fused-ring (bicyclic) bond motifs is 2. The van der Waals surface area contributed by atoms with Gasteiger partial charge in [-0.2, -0.15) is 5.10 Å². The molecule has 0 radical (unpaired) electrons. The zero-order chi connectivity index (χ0) is 50.8. The number of piperazine rings is 2. The van der Waals surface area contributed by atoms with E-state index < -0.39 is 11.6 Å². The Morgan fingerprint density at radius 2 is 1.51 bits per heavy atom. The van der Waals surface area contributed by atoms with Gasteiger partial charge >= 0.3 is 6.09 Å². The van der Waals surface area contributed by atoms with E-state index in [0.29, 0.717) is 97.7 Å². The fourth-order valence-electron chi connectivity index (χ4n) is 11.8. The first-order valence-corrected chi connectivity index (χ1v) is 26.1. The molecule has 3 N–H and O–H groups in total. The summed E-state index contributed by atoms with van der Waals surface area (Å²) in [5, 5.41) is 12.6. The van der Waals surface area contributed by atoms with Crippen molar-refractivity contribution >= 4 is 57.7 Å². The Kier molecular flexibility index (Phi) is 12.7. The van der Waals surface area contributed by atoms with Gasteiger partial charge in [0.2, 0.25) is 11.8 Å². The Hall–Kier alpha value is -6.90. The monoisotopic (exact) mass is 998 g/mol. The van der Waals surface area contributed by atoms with E-state index in [1.54, 1.807) is 17.3 Å². The third kappa shape index (κ3) is 9.28. The first kappa shape index (κ1) is 48.4. The molecule has 73 heavy (non-hydrogen) atoms. The van der Waals surface area contributed by atoms with Crippen LogP contribution in [-0.2, 0) is 31.1 Å². The van der Waals surface area contributed by atoms with Crippen LogP contribution in [0.1, 0.15) is 96.8 Å². The first-order valence-electron chi connectivity index (χ1n) is 26.1. The van der Waals surface area contributed by atoms with E-state index in [0.717, 1.165) is 88.4 Å². The lowest BCUT2D eigenvalue weighted by Gasteiger charge is -2.50. The molecule has 21 heteroatoms. The Morgan fingerprint density at radius 3 is 2.21 bits per heavy atom. The molecule has 0 spiro atoms.